The van der Waals surface area contributed by atoms with E-state index in [-0.39, 0.29) is 12.1 Å². The molecule has 2 heterocycles. The zero-order valence-electron chi connectivity index (χ0n) is 19.2. The van der Waals surface area contributed by atoms with Gasteiger partial charge in [-0.2, -0.15) is 0 Å². The van der Waals surface area contributed by atoms with Gasteiger partial charge in [-0.1, -0.05) is 26.0 Å². The Morgan fingerprint density at radius 1 is 1.23 bits per heavy atom. The fraction of sp³-hybridized carbons (Fsp3) is 0.520. The summed E-state index contributed by atoms with van der Waals surface area (Å²) >= 11 is 0. The average Bonchev–Trinajstić information content (AvgIpc) is 3.26. The SMILES string of the molecule is CCCOc1ccc(CN(CC)[C@@H]2CCN(c3ncccc3C(=O)OC(C)C)C2)cc1. The third-order valence-electron chi connectivity index (χ3n) is 5.52. The van der Waals surface area contributed by atoms with E-state index in [1.54, 1.807) is 18.3 Å². The van der Waals surface area contributed by atoms with Crippen LogP contribution in [0.5, 0.6) is 5.75 Å². The Hall–Kier alpha value is -2.60. The van der Waals surface area contributed by atoms with Crippen molar-refractivity contribution in [3.05, 3.63) is 53.7 Å². The van der Waals surface area contributed by atoms with Gasteiger partial charge in [-0.3, -0.25) is 4.90 Å². The quantitative estimate of drug-likeness (QED) is 0.521. The highest BCUT2D eigenvalue weighted by atomic mass is 16.5. The smallest absolute Gasteiger partial charge is 0.342 e. The van der Waals surface area contributed by atoms with Crippen molar-refractivity contribution in [1.82, 2.24) is 9.88 Å². The molecule has 0 bridgehead atoms. The molecule has 1 saturated heterocycles. The molecule has 1 aliphatic heterocycles. The van der Waals surface area contributed by atoms with E-state index in [0.29, 0.717) is 11.6 Å². The van der Waals surface area contributed by atoms with Gasteiger partial charge in [0.25, 0.3) is 0 Å². The van der Waals surface area contributed by atoms with Gasteiger partial charge in [0, 0.05) is 31.9 Å². The van der Waals surface area contributed by atoms with E-state index >= 15 is 0 Å². The fourth-order valence-corrected chi connectivity index (χ4v) is 3.96. The molecule has 6 nitrogen and oxygen atoms in total. The van der Waals surface area contributed by atoms with Gasteiger partial charge in [0.15, 0.2) is 0 Å². The van der Waals surface area contributed by atoms with Crippen LogP contribution in [0.15, 0.2) is 42.6 Å². The van der Waals surface area contributed by atoms with Crippen molar-refractivity contribution in [1.29, 1.82) is 0 Å². The van der Waals surface area contributed by atoms with E-state index in [1.807, 2.05) is 13.8 Å². The topological polar surface area (TPSA) is 54.9 Å². The van der Waals surface area contributed by atoms with Crippen molar-refractivity contribution in [2.24, 2.45) is 0 Å². The van der Waals surface area contributed by atoms with Gasteiger partial charge in [-0.15, -0.1) is 0 Å². The molecule has 0 spiro atoms. The van der Waals surface area contributed by atoms with Gasteiger partial charge in [-0.05, 0) is 63.1 Å². The number of esters is 1. The minimum absolute atomic E-state index is 0.152. The number of pyridine rings is 1. The maximum atomic E-state index is 12.5. The van der Waals surface area contributed by atoms with Gasteiger partial charge in [-0.25, -0.2) is 9.78 Å². The van der Waals surface area contributed by atoms with E-state index in [1.165, 1.54) is 5.56 Å². The van der Waals surface area contributed by atoms with Crippen molar-refractivity contribution in [2.45, 2.75) is 59.2 Å². The number of hydrogen-bond acceptors (Lipinski definition) is 6. The molecule has 168 valence electrons. The Bertz CT molecular complexity index is 838. The van der Waals surface area contributed by atoms with Crippen molar-refractivity contribution in [3.8, 4) is 5.75 Å². The number of hydrogen-bond donors (Lipinski definition) is 0. The number of likely N-dealkylation sites (N-methyl/N-ethyl adjacent to an activating group) is 1. The van der Waals surface area contributed by atoms with Crippen LogP contribution in [0.4, 0.5) is 5.82 Å². The van der Waals surface area contributed by atoms with Crippen molar-refractivity contribution < 1.29 is 14.3 Å². The highest BCUT2D eigenvalue weighted by molar-refractivity contribution is 5.94. The monoisotopic (exact) mass is 425 g/mol. The summed E-state index contributed by atoms with van der Waals surface area (Å²) in [4.78, 5) is 21.8. The van der Waals surface area contributed by atoms with Gasteiger partial charge in [0.05, 0.1) is 12.7 Å². The Balaban J connectivity index is 1.65. The largest absolute Gasteiger partial charge is 0.494 e. The lowest BCUT2D eigenvalue weighted by molar-refractivity contribution is 0.0378. The molecular formula is C25H35N3O3. The van der Waals surface area contributed by atoms with Crippen LogP contribution in [0.25, 0.3) is 0 Å². The predicted molar refractivity (Wildman–Crippen MR) is 124 cm³/mol. The van der Waals surface area contributed by atoms with Crippen LogP contribution in [-0.4, -0.2) is 54.2 Å². The van der Waals surface area contributed by atoms with Gasteiger partial charge < -0.3 is 14.4 Å². The van der Waals surface area contributed by atoms with E-state index in [2.05, 4.69) is 52.9 Å². The summed E-state index contributed by atoms with van der Waals surface area (Å²) in [5, 5.41) is 0. The number of nitrogens with zero attached hydrogens (tertiary/aromatic N) is 3. The summed E-state index contributed by atoms with van der Waals surface area (Å²) in [6, 6.07) is 12.4. The minimum atomic E-state index is -0.306. The Labute approximate surface area is 186 Å². The van der Waals surface area contributed by atoms with Crippen molar-refractivity contribution >= 4 is 11.8 Å². The second kappa shape index (κ2) is 11.1. The van der Waals surface area contributed by atoms with Crippen LogP contribution >= 0.6 is 0 Å². The summed E-state index contributed by atoms with van der Waals surface area (Å²) in [5.41, 5.74) is 1.82. The first kappa shape index (κ1) is 23.1. The molecule has 0 amide bonds. The number of carbonyl (C=O) groups is 1. The lowest BCUT2D eigenvalue weighted by Gasteiger charge is -2.28. The molecule has 1 aromatic heterocycles. The average molecular weight is 426 g/mol. The third kappa shape index (κ3) is 6.20. The molecule has 0 unspecified atom stereocenters. The summed E-state index contributed by atoms with van der Waals surface area (Å²) in [7, 11) is 0. The normalized spacial score (nSPS) is 16.2. The summed E-state index contributed by atoms with van der Waals surface area (Å²) in [5.74, 6) is 1.35. The predicted octanol–water partition coefficient (Wildman–Crippen LogP) is 4.54. The summed E-state index contributed by atoms with van der Waals surface area (Å²) in [6.45, 7) is 12.4. The highest BCUT2D eigenvalue weighted by Crippen LogP contribution is 2.26. The molecule has 0 saturated carbocycles. The molecular weight excluding hydrogens is 390 g/mol. The second-order valence-corrected chi connectivity index (χ2v) is 8.27. The van der Waals surface area contributed by atoms with Crippen LogP contribution in [0.3, 0.4) is 0 Å². The minimum Gasteiger partial charge on any atom is -0.494 e. The van der Waals surface area contributed by atoms with Crippen LogP contribution in [0.2, 0.25) is 0 Å². The molecule has 1 fully saturated rings. The van der Waals surface area contributed by atoms with Crippen LogP contribution in [0.1, 0.15) is 56.5 Å². The number of ether oxygens (including phenoxy) is 2. The second-order valence-electron chi connectivity index (χ2n) is 8.27. The van der Waals surface area contributed by atoms with E-state index < -0.39 is 0 Å². The first-order chi connectivity index (χ1) is 15.0. The van der Waals surface area contributed by atoms with Gasteiger partial charge >= 0.3 is 5.97 Å². The number of carbonyl (C=O) groups excluding carboxylic acids is 1. The third-order valence-corrected chi connectivity index (χ3v) is 5.52. The van der Waals surface area contributed by atoms with E-state index in [9.17, 15) is 4.79 Å². The van der Waals surface area contributed by atoms with Crippen LogP contribution in [0, 0.1) is 0 Å². The fourth-order valence-electron chi connectivity index (χ4n) is 3.96. The Morgan fingerprint density at radius 2 is 2.00 bits per heavy atom. The summed E-state index contributed by atoms with van der Waals surface area (Å²) < 4.78 is 11.1. The molecule has 0 N–H and O–H groups in total. The standard InChI is InChI=1S/C25H35N3O3/c1-5-16-30-22-11-9-20(10-12-22)17-27(6-2)21-13-15-28(18-21)24-23(8-7-14-26-24)25(29)31-19(3)4/h7-12,14,19,21H,5-6,13,15-18H2,1-4H3/t21-/m1/s1. The highest BCUT2D eigenvalue weighted by Gasteiger charge is 2.30. The molecule has 31 heavy (non-hydrogen) atoms. The van der Waals surface area contributed by atoms with Crippen LogP contribution in [-0.2, 0) is 11.3 Å². The molecule has 1 aromatic carbocycles. The molecule has 2 aromatic rings. The lowest BCUT2D eigenvalue weighted by atomic mass is 10.1. The van der Waals surface area contributed by atoms with E-state index in [4.69, 9.17) is 9.47 Å². The maximum absolute atomic E-state index is 12.5. The van der Waals surface area contributed by atoms with Gasteiger partial charge in [0.2, 0.25) is 0 Å². The number of benzene rings is 1. The van der Waals surface area contributed by atoms with Crippen LogP contribution < -0.4 is 9.64 Å². The molecule has 3 rings (SSSR count). The molecule has 6 heteroatoms. The first-order valence-electron chi connectivity index (χ1n) is 11.4. The molecule has 1 aliphatic rings. The summed E-state index contributed by atoms with van der Waals surface area (Å²) in [6.07, 6.45) is 3.65. The number of rotatable bonds is 10. The molecule has 1 atom stereocenters. The maximum Gasteiger partial charge on any atom is 0.342 e. The van der Waals surface area contributed by atoms with Crippen molar-refractivity contribution in [3.63, 3.8) is 0 Å². The Morgan fingerprint density at radius 3 is 2.68 bits per heavy atom. The lowest BCUT2D eigenvalue weighted by Crippen LogP contribution is -2.37. The zero-order valence-corrected chi connectivity index (χ0v) is 19.2. The van der Waals surface area contributed by atoms with E-state index in [0.717, 1.165) is 57.2 Å². The first-order valence-corrected chi connectivity index (χ1v) is 11.4. The Kier molecular flexibility index (Phi) is 8.29. The molecule has 0 aliphatic carbocycles. The molecule has 0 radical (unpaired) electrons. The number of aromatic nitrogens is 1. The number of anilines is 1. The van der Waals surface area contributed by atoms with Crippen molar-refractivity contribution in [2.75, 3.05) is 31.1 Å². The van der Waals surface area contributed by atoms with Gasteiger partial charge in [0.1, 0.15) is 17.1 Å². The zero-order chi connectivity index (χ0) is 22.2.